The van der Waals surface area contributed by atoms with Crippen molar-refractivity contribution in [3.8, 4) is 0 Å². The minimum absolute atomic E-state index is 0.0363. The highest BCUT2D eigenvalue weighted by molar-refractivity contribution is 6.03. The molecule has 0 saturated heterocycles. The van der Waals surface area contributed by atoms with Crippen LogP contribution >= 0.6 is 0 Å². The average molecular weight is 258 g/mol. The Bertz CT molecular complexity index is 644. The monoisotopic (exact) mass is 258 g/mol. The lowest BCUT2D eigenvalue weighted by Gasteiger charge is -2.13. The summed E-state index contributed by atoms with van der Waals surface area (Å²) in [6.45, 7) is 0. The van der Waals surface area contributed by atoms with Gasteiger partial charge in [-0.15, -0.1) is 0 Å². The van der Waals surface area contributed by atoms with Crippen molar-refractivity contribution in [3.63, 3.8) is 0 Å². The van der Waals surface area contributed by atoms with Crippen molar-refractivity contribution < 1.29 is 4.79 Å². The van der Waals surface area contributed by atoms with E-state index in [1.165, 1.54) is 0 Å². The molecule has 0 spiro atoms. The van der Waals surface area contributed by atoms with Gasteiger partial charge in [0.25, 0.3) is 0 Å². The summed E-state index contributed by atoms with van der Waals surface area (Å²) in [5.74, 6) is 0.0363. The van der Waals surface area contributed by atoms with E-state index >= 15 is 0 Å². The molecule has 3 rings (SSSR count). The van der Waals surface area contributed by atoms with Crippen molar-refractivity contribution in [2.75, 3.05) is 0 Å². The summed E-state index contributed by atoms with van der Waals surface area (Å²) in [6, 6.07) is 20.5. The van der Waals surface area contributed by atoms with Gasteiger partial charge in [-0.25, -0.2) is 0 Å². The zero-order valence-electron chi connectivity index (χ0n) is 11.0. The van der Waals surface area contributed by atoms with Gasteiger partial charge >= 0.3 is 0 Å². The Morgan fingerprint density at radius 1 is 0.600 bits per heavy atom. The number of hydrogen-bond acceptors (Lipinski definition) is 1. The summed E-state index contributed by atoms with van der Waals surface area (Å²) >= 11 is 0. The molecule has 0 saturated carbocycles. The molecular formula is C19H14O. The highest BCUT2D eigenvalue weighted by Gasteiger charge is 2.10. The van der Waals surface area contributed by atoms with E-state index in [0.717, 1.165) is 22.3 Å². The maximum Gasteiger partial charge on any atom is 0.178 e. The summed E-state index contributed by atoms with van der Waals surface area (Å²) in [5.41, 5.74) is 4.50. The summed E-state index contributed by atoms with van der Waals surface area (Å²) in [6.07, 6.45) is 7.00. The molecule has 0 radical (unpaired) electrons. The standard InChI is InChI=1S/C19H14O/c20-18-13-11-17(12-14-18)19(15-7-3-1-4-8-15)16-9-5-2-6-10-16/h1-14H. The number of allylic oxidation sites excluding steroid dienone is 5. The van der Waals surface area contributed by atoms with Crippen LogP contribution < -0.4 is 0 Å². The van der Waals surface area contributed by atoms with E-state index in [9.17, 15) is 4.79 Å². The van der Waals surface area contributed by atoms with E-state index in [1.807, 2.05) is 48.6 Å². The maximum atomic E-state index is 11.3. The summed E-state index contributed by atoms with van der Waals surface area (Å²) in [4.78, 5) is 11.3. The second-order valence-electron chi connectivity index (χ2n) is 4.63. The first kappa shape index (κ1) is 12.4. The number of benzene rings is 2. The van der Waals surface area contributed by atoms with Crippen LogP contribution in [0.3, 0.4) is 0 Å². The van der Waals surface area contributed by atoms with Crippen LogP contribution in [0.2, 0.25) is 0 Å². The third-order valence-electron chi connectivity index (χ3n) is 3.27. The van der Waals surface area contributed by atoms with Crippen molar-refractivity contribution >= 4 is 11.4 Å². The second kappa shape index (κ2) is 5.54. The molecule has 0 aliphatic heterocycles. The van der Waals surface area contributed by atoms with Gasteiger partial charge in [-0.1, -0.05) is 72.8 Å². The van der Waals surface area contributed by atoms with Crippen LogP contribution in [0.25, 0.3) is 5.57 Å². The minimum atomic E-state index is 0.0363. The van der Waals surface area contributed by atoms with Gasteiger partial charge in [0.15, 0.2) is 5.78 Å². The van der Waals surface area contributed by atoms with Crippen molar-refractivity contribution in [3.05, 3.63) is 102 Å². The van der Waals surface area contributed by atoms with Crippen LogP contribution in [-0.4, -0.2) is 5.78 Å². The van der Waals surface area contributed by atoms with E-state index in [2.05, 4.69) is 24.3 Å². The van der Waals surface area contributed by atoms with Gasteiger partial charge in [-0.3, -0.25) is 4.79 Å². The van der Waals surface area contributed by atoms with E-state index in [-0.39, 0.29) is 5.78 Å². The van der Waals surface area contributed by atoms with Crippen molar-refractivity contribution in [1.82, 2.24) is 0 Å². The molecule has 0 amide bonds. The summed E-state index contributed by atoms with van der Waals surface area (Å²) in [5, 5.41) is 0. The summed E-state index contributed by atoms with van der Waals surface area (Å²) < 4.78 is 0. The van der Waals surface area contributed by atoms with Gasteiger partial charge < -0.3 is 0 Å². The molecule has 1 aliphatic rings. The lowest BCUT2D eigenvalue weighted by atomic mass is 9.91. The third-order valence-corrected chi connectivity index (χ3v) is 3.27. The Kier molecular flexibility index (Phi) is 3.42. The van der Waals surface area contributed by atoms with Gasteiger partial charge in [-0.2, -0.15) is 0 Å². The molecule has 0 atom stereocenters. The van der Waals surface area contributed by atoms with Crippen LogP contribution in [0.5, 0.6) is 0 Å². The van der Waals surface area contributed by atoms with Crippen molar-refractivity contribution in [2.45, 2.75) is 0 Å². The third kappa shape index (κ3) is 2.52. The highest BCUT2D eigenvalue weighted by atomic mass is 16.1. The van der Waals surface area contributed by atoms with Crippen molar-refractivity contribution in [2.24, 2.45) is 0 Å². The highest BCUT2D eigenvalue weighted by Crippen LogP contribution is 2.29. The topological polar surface area (TPSA) is 17.1 Å². The largest absolute Gasteiger partial charge is 0.290 e. The second-order valence-corrected chi connectivity index (χ2v) is 4.63. The van der Waals surface area contributed by atoms with Gasteiger partial charge in [0.1, 0.15) is 0 Å². The lowest BCUT2D eigenvalue weighted by molar-refractivity contribution is -0.110. The fourth-order valence-electron chi connectivity index (χ4n) is 2.33. The van der Waals surface area contributed by atoms with E-state index in [0.29, 0.717) is 0 Å². The molecule has 0 fully saturated rings. The number of ketones is 1. The first-order valence-electron chi connectivity index (χ1n) is 6.60. The van der Waals surface area contributed by atoms with E-state index in [1.54, 1.807) is 12.2 Å². The van der Waals surface area contributed by atoms with Crippen LogP contribution in [0, 0.1) is 0 Å². The number of carbonyl (C=O) groups excluding carboxylic acids is 1. The van der Waals surface area contributed by atoms with Crippen LogP contribution in [0.1, 0.15) is 11.1 Å². The average Bonchev–Trinajstić information content (AvgIpc) is 2.52. The molecule has 0 aromatic heterocycles. The maximum absolute atomic E-state index is 11.3. The van der Waals surface area contributed by atoms with Gasteiger partial charge in [-0.05, 0) is 34.4 Å². The Hall–Kier alpha value is -2.67. The normalized spacial score (nSPS) is 13.6. The molecular weight excluding hydrogens is 244 g/mol. The molecule has 20 heavy (non-hydrogen) atoms. The molecule has 0 unspecified atom stereocenters. The van der Waals surface area contributed by atoms with Crippen LogP contribution in [-0.2, 0) is 4.79 Å². The molecule has 0 heterocycles. The summed E-state index contributed by atoms with van der Waals surface area (Å²) in [7, 11) is 0. The molecule has 1 nitrogen and oxygen atoms in total. The minimum Gasteiger partial charge on any atom is -0.290 e. The predicted molar refractivity (Wildman–Crippen MR) is 82.2 cm³/mol. The fourth-order valence-corrected chi connectivity index (χ4v) is 2.33. The SMILES string of the molecule is O=C1C=CC(=C(c2ccccc2)c2ccccc2)C=C1. The molecule has 0 N–H and O–H groups in total. The van der Waals surface area contributed by atoms with Gasteiger partial charge in [0.2, 0.25) is 0 Å². The Labute approximate surface area is 118 Å². The Morgan fingerprint density at radius 2 is 1.05 bits per heavy atom. The van der Waals surface area contributed by atoms with Gasteiger partial charge in [0, 0.05) is 0 Å². The fraction of sp³-hybridized carbons (Fsp3) is 0. The zero-order valence-corrected chi connectivity index (χ0v) is 11.0. The molecule has 2 aromatic rings. The number of hydrogen-bond donors (Lipinski definition) is 0. The van der Waals surface area contributed by atoms with Gasteiger partial charge in [0.05, 0.1) is 0 Å². The molecule has 1 heteroatoms. The van der Waals surface area contributed by atoms with E-state index < -0.39 is 0 Å². The molecule has 0 bridgehead atoms. The Balaban J connectivity index is 2.20. The van der Waals surface area contributed by atoms with Crippen molar-refractivity contribution in [1.29, 1.82) is 0 Å². The smallest absolute Gasteiger partial charge is 0.178 e. The zero-order chi connectivity index (χ0) is 13.8. The quantitative estimate of drug-likeness (QED) is 0.789. The first-order chi connectivity index (χ1) is 9.84. The predicted octanol–water partition coefficient (Wildman–Crippen LogP) is 4.18. The number of rotatable bonds is 2. The van der Waals surface area contributed by atoms with Crippen LogP contribution in [0.15, 0.2) is 90.5 Å². The Morgan fingerprint density at radius 3 is 1.50 bits per heavy atom. The van der Waals surface area contributed by atoms with Crippen LogP contribution in [0.4, 0.5) is 0 Å². The molecule has 2 aromatic carbocycles. The van der Waals surface area contributed by atoms with E-state index in [4.69, 9.17) is 0 Å². The number of carbonyl (C=O) groups is 1. The first-order valence-corrected chi connectivity index (χ1v) is 6.60. The molecule has 1 aliphatic carbocycles. The molecule has 96 valence electrons. The lowest BCUT2D eigenvalue weighted by Crippen LogP contribution is -1.97.